The van der Waals surface area contributed by atoms with E-state index in [-0.39, 0.29) is 0 Å². The molecule has 3 heterocycles. The molecule has 0 aliphatic rings. The first kappa shape index (κ1) is 12.4. The van der Waals surface area contributed by atoms with Gasteiger partial charge in [-0.3, -0.25) is 0 Å². The monoisotopic (exact) mass is 293 g/mol. The summed E-state index contributed by atoms with van der Waals surface area (Å²) in [6.07, 6.45) is 0.579. The average molecular weight is 293 g/mol. The summed E-state index contributed by atoms with van der Waals surface area (Å²) in [6.45, 7) is 2.38. The van der Waals surface area contributed by atoms with E-state index in [0.29, 0.717) is 30.4 Å². The van der Waals surface area contributed by atoms with Crippen molar-refractivity contribution in [1.82, 2.24) is 20.1 Å². The molecule has 0 fully saturated rings. The van der Waals surface area contributed by atoms with Gasteiger partial charge in [-0.1, -0.05) is 5.16 Å². The van der Waals surface area contributed by atoms with Gasteiger partial charge in [-0.2, -0.15) is 4.98 Å². The van der Waals surface area contributed by atoms with Crippen LogP contribution in [0.5, 0.6) is 0 Å². The minimum Gasteiger partial charge on any atom is -0.332 e. The summed E-state index contributed by atoms with van der Waals surface area (Å²) in [4.78, 5) is 13.0. The fraction of sp³-hybridized carbons (Fsp3) is 0.273. The zero-order valence-electron chi connectivity index (χ0n) is 10.2. The first-order valence-electron chi connectivity index (χ1n) is 5.63. The van der Waals surface area contributed by atoms with Crippen molar-refractivity contribution in [3.05, 3.63) is 32.3 Å². The van der Waals surface area contributed by atoms with Crippen LogP contribution in [0.15, 0.2) is 15.3 Å². The number of rotatable bonds is 4. The van der Waals surface area contributed by atoms with Crippen molar-refractivity contribution in [3.63, 3.8) is 0 Å². The second-order valence-corrected chi connectivity index (χ2v) is 5.79. The highest BCUT2D eigenvalue weighted by molar-refractivity contribution is 7.10. The molecule has 0 aromatic carbocycles. The molecule has 0 aliphatic carbocycles. The Morgan fingerprint density at radius 2 is 2.00 bits per heavy atom. The number of thiazole rings is 2. The minimum atomic E-state index is 0.421. The fourth-order valence-electron chi connectivity index (χ4n) is 1.55. The van der Waals surface area contributed by atoms with Crippen LogP contribution in [0.3, 0.4) is 0 Å². The average Bonchev–Trinajstić information content (AvgIpc) is 3.10. The van der Waals surface area contributed by atoms with E-state index in [4.69, 9.17) is 10.3 Å². The summed E-state index contributed by atoms with van der Waals surface area (Å²) >= 11 is 3.08. The Balaban J connectivity index is 1.79. The lowest BCUT2D eigenvalue weighted by Crippen LogP contribution is -1.94. The summed E-state index contributed by atoms with van der Waals surface area (Å²) in [5, 5.41) is 9.65. The zero-order valence-corrected chi connectivity index (χ0v) is 11.8. The molecule has 0 aliphatic heterocycles. The first-order valence-corrected chi connectivity index (χ1v) is 7.39. The fourth-order valence-corrected chi connectivity index (χ4v) is 2.97. The van der Waals surface area contributed by atoms with Crippen molar-refractivity contribution in [2.75, 3.05) is 0 Å². The van der Waals surface area contributed by atoms with Crippen molar-refractivity contribution in [2.45, 2.75) is 19.9 Å². The molecular formula is C11H11N5OS2. The molecular weight excluding hydrogens is 282 g/mol. The van der Waals surface area contributed by atoms with E-state index in [0.717, 1.165) is 15.7 Å². The third-order valence-electron chi connectivity index (χ3n) is 2.39. The SMILES string of the molecule is Cc1csc(Cc2noc(-c3csc(CN)n3)n2)n1. The van der Waals surface area contributed by atoms with Gasteiger partial charge in [-0.25, -0.2) is 9.97 Å². The van der Waals surface area contributed by atoms with E-state index in [1.165, 1.54) is 11.3 Å². The van der Waals surface area contributed by atoms with Gasteiger partial charge in [0.15, 0.2) is 5.82 Å². The van der Waals surface area contributed by atoms with E-state index >= 15 is 0 Å². The quantitative estimate of drug-likeness (QED) is 0.791. The maximum atomic E-state index is 5.53. The van der Waals surface area contributed by atoms with Crippen molar-refractivity contribution in [1.29, 1.82) is 0 Å². The van der Waals surface area contributed by atoms with Crippen LogP contribution in [-0.2, 0) is 13.0 Å². The minimum absolute atomic E-state index is 0.421. The van der Waals surface area contributed by atoms with Crippen LogP contribution in [0.1, 0.15) is 21.5 Å². The third-order valence-corrected chi connectivity index (χ3v) is 4.23. The van der Waals surface area contributed by atoms with Gasteiger partial charge < -0.3 is 10.3 Å². The molecule has 3 rings (SSSR count). The van der Waals surface area contributed by atoms with Gasteiger partial charge in [0.05, 0.1) is 6.42 Å². The van der Waals surface area contributed by atoms with Gasteiger partial charge >= 0.3 is 0 Å². The topological polar surface area (TPSA) is 90.7 Å². The van der Waals surface area contributed by atoms with E-state index in [9.17, 15) is 0 Å². The van der Waals surface area contributed by atoms with Gasteiger partial charge in [0.2, 0.25) is 0 Å². The standard InChI is InChI=1S/C11H11N5OS2/c1-6-4-18-9(13-6)2-8-15-11(17-16-8)7-5-19-10(3-12)14-7/h4-5H,2-3,12H2,1H3. The lowest BCUT2D eigenvalue weighted by Gasteiger charge is -1.87. The Bertz CT molecular complexity index is 687. The van der Waals surface area contributed by atoms with Crippen molar-refractivity contribution in [2.24, 2.45) is 5.73 Å². The van der Waals surface area contributed by atoms with Crippen molar-refractivity contribution < 1.29 is 4.52 Å². The summed E-state index contributed by atoms with van der Waals surface area (Å²) in [5.41, 5.74) is 7.22. The molecule has 19 heavy (non-hydrogen) atoms. The van der Waals surface area contributed by atoms with Gasteiger partial charge in [0, 0.05) is 23.0 Å². The van der Waals surface area contributed by atoms with Gasteiger partial charge in [0.25, 0.3) is 5.89 Å². The Morgan fingerprint density at radius 1 is 1.16 bits per heavy atom. The first-order chi connectivity index (χ1) is 9.24. The highest BCUT2D eigenvalue weighted by Crippen LogP contribution is 2.21. The molecule has 2 N–H and O–H groups in total. The van der Waals surface area contributed by atoms with Crippen LogP contribution >= 0.6 is 22.7 Å². The predicted octanol–water partition coefficient (Wildman–Crippen LogP) is 2.01. The molecule has 0 bridgehead atoms. The lowest BCUT2D eigenvalue weighted by molar-refractivity contribution is 0.423. The number of hydrogen-bond donors (Lipinski definition) is 1. The van der Waals surface area contributed by atoms with Crippen molar-refractivity contribution in [3.8, 4) is 11.6 Å². The maximum Gasteiger partial charge on any atom is 0.277 e. The Labute approximate surface area is 117 Å². The summed E-state index contributed by atoms with van der Waals surface area (Å²) in [6, 6.07) is 0. The molecule has 98 valence electrons. The Morgan fingerprint density at radius 3 is 2.68 bits per heavy atom. The number of aromatic nitrogens is 4. The molecule has 6 nitrogen and oxygen atoms in total. The van der Waals surface area contributed by atoms with Gasteiger partial charge in [-0.05, 0) is 6.92 Å². The lowest BCUT2D eigenvalue weighted by atomic mass is 10.4. The predicted molar refractivity (Wildman–Crippen MR) is 73.0 cm³/mol. The van der Waals surface area contributed by atoms with E-state index in [2.05, 4.69) is 20.1 Å². The van der Waals surface area contributed by atoms with E-state index in [1.807, 2.05) is 17.7 Å². The molecule has 0 saturated carbocycles. The van der Waals surface area contributed by atoms with Crippen LogP contribution < -0.4 is 5.73 Å². The van der Waals surface area contributed by atoms with Crippen LogP contribution in [-0.4, -0.2) is 20.1 Å². The third kappa shape index (κ3) is 2.70. The van der Waals surface area contributed by atoms with Crippen LogP contribution in [0.2, 0.25) is 0 Å². The number of nitrogens with two attached hydrogens (primary N) is 1. The smallest absolute Gasteiger partial charge is 0.277 e. The van der Waals surface area contributed by atoms with Gasteiger partial charge in [0.1, 0.15) is 15.7 Å². The van der Waals surface area contributed by atoms with Gasteiger partial charge in [-0.15, -0.1) is 22.7 Å². The molecule has 8 heteroatoms. The van der Waals surface area contributed by atoms with E-state index < -0.39 is 0 Å². The van der Waals surface area contributed by atoms with Crippen LogP contribution in [0.25, 0.3) is 11.6 Å². The van der Waals surface area contributed by atoms with Crippen LogP contribution in [0, 0.1) is 6.92 Å². The second-order valence-electron chi connectivity index (χ2n) is 3.91. The molecule has 0 unspecified atom stereocenters. The zero-order chi connectivity index (χ0) is 13.2. The van der Waals surface area contributed by atoms with E-state index in [1.54, 1.807) is 11.3 Å². The molecule has 0 amide bonds. The molecule has 3 aromatic rings. The van der Waals surface area contributed by atoms with Crippen LogP contribution in [0.4, 0.5) is 0 Å². The number of aryl methyl sites for hydroxylation is 1. The molecule has 0 atom stereocenters. The normalized spacial score (nSPS) is 11.1. The highest BCUT2D eigenvalue weighted by atomic mass is 32.1. The summed E-state index contributed by atoms with van der Waals surface area (Å²) in [5.74, 6) is 1.05. The molecule has 0 spiro atoms. The Kier molecular flexibility index (Phi) is 3.36. The largest absolute Gasteiger partial charge is 0.332 e. The molecule has 0 saturated heterocycles. The molecule has 3 aromatic heterocycles. The second kappa shape index (κ2) is 5.16. The maximum absolute atomic E-state index is 5.53. The highest BCUT2D eigenvalue weighted by Gasteiger charge is 2.13. The molecule has 0 radical (unpaired) electrons. The summed E-state index contributed by atoms with van der Waals surface area (Å²) in [7, 11) is 0. The number of nitrogens with zero attached hydrogens (tertiary/aromatic N) is 4. The Hall–Kier alpha value is -1.64. The number of hydrogen-bond acceptors (Lipinski definition) is 8. The van der Waals surface area contributed by atoms with Crippen molar-refractivity contribution >= 4 is 22.7 Å². The summed E-state index contributed by atoms with van der Waals surface area (Å²) < 4.78 is 5.21.